The first-order chi connectivity index (χ1) is 10.2. The summed E-state index contributed by atoms with van der Waals surface area (Å²) < 4.78 is 5.91. The van der Waals surface area contributed by atoms with Gasteiger partial charge in [-0.25, -0.2) is 0 Å². The average molecular weight is 319 g/mol. The number of benzene rings is 1. The summed E-state index contributed by atoms with van der Waals surface area (Å²) in [4.78, 5) is 1.39. The molecule has 21 heavy (non-hydrogen) atoms. The van der Waals surface area contributed by atoms with Crippen molar-refractivity contribution >= 4 is 22.9 Å². The predicted octanol–water partition coefficient (Wildman–Crippen LogP) is 4.49. The quantitative estimate of drug-likeness (QED) is 0.738. The molecule has 0 saturated carbocycles. The normalized spacial score (nSPS) is 12.5. The predicted molar refractivity (Wildman–Crippen MR) is 87.5 cm³/mol. The van der Waals surface area contributed by atoms with E-state index >= 15 is 0 Å². The van der Waals surface area contributed by atoms with E-state index in [1.165, 1.54) is 4.88 Å². The molecule has 2 N–H and O–H groups in total. The minimum atomic E-state index is 0.453. The van der Waals surface area contributed by atoms with Gasteiger partial charge in [0.25, 0.3) is 0 Å². The van der Waals surface area contributed by atoms with Crippen LogP contribution in [0, 0.1) is 0 Å². The number of quaternary nitrogens is 1. The van der Waals surface area contributed by atoms with Crippen LogP contribution >= 0.6 is 22.9 Å². The molecule has 0 spiro atoms. The van der Waals surface area contributed by atoms with Gasteiger partial charge in [-0.15, -0.1) is 11.3 Å². The molecular weight excluding hydrogens is 302 g/mol. The number of halogens is 1. The molecule has 0 amide bonds. The van der Waals surface area contributed by atoms with Gasteiger partial charge in [0, 0.05) is 10.6 Å². The second-order valence-electron chi connectivity index (χ2n) is 5.02. The summed E-state index contributed by atoms with van der Waals surface area (Å²) in [6, 6.07) is 16.5. The van der Waals surface area contributed by atoms with E-state index in [1.807, 2.05) is 36.4 Å². The van der Waals surface area contributed by atoms with Crippen molar-refractivity contribution in [1.29, 1.82) is 0 Å². The van der Waals surface area contributed by atoms with E-state index < -0.39 is 0 Å². The minimum absolute atomic E-state index is 0.453. The Morgan fingerprint density at radius 3 is 2.67 bits per heavy atom. The Hall–Kier alpha value is -1.55. The highest BCUT2D eigenvalue weighted by atomic mass is 35.5. The minimum Gasteiger partial charge on any atom is -0.455 e. The van der Waals surface area contributed by atoms with E-state index in [0.29, 0.717) is 6.04 Å². The van der Waals surface area contributed by atoms with Crippen LogP contribution in [0.2, 0.25) is 5.02 Å². The van der Waals surface area contributed by atoms with Crippen LogP contribution in [-0.4, -0.2) is 0 Å². The van der Waals surface area contributed by atoms with Crippen molar-refractivity contribution in [3.63, 3.8) is 0 Å². The lowest BCUT2D eigenvalue weighted by atomic mass is 10.2. The number of furan rings is 1. The van der Waals surface area contributed by atoms with Gasteiger partial charge in [0.2, 0.25) is 0 Å². The molecule has 2 heterocycles. The molecule has 0 unspecified atom stereocenters. The molecule has 0 aliphatic heterocycles. The first-order valence-corrected chi connectivity index (χ1v) is 8.19. The van der Waals surface area contributed by atoms with E-state index in [2.05, 4.69) is 29.8 Å². The number of nitrogens with two attached hydrogens (primary N) is 1. The lowest BCUT2D eigenvalue weighted by Gasteiger charge is -2.07. The second kappa shape index (κ2) is 6.48. The monoisotopic (exact) mass is 318 g/mol. The Labute approximate surface area is 133 Å². The summed E-state index contributed by atoms with van der Waals surface area (Å²) in [6.07, 6.45) is 0. The van der Waals surface area contributed by atoms with Gasteiger partial charge in [0.15, 0.2) is 5.76 Å². The highest BCUT2D eigenvalue weighted by Crippen LogP contribution is 2.23. The fourth-order valence-electron chi connectivity index (χ4n) is 2.22. The molecule has 3 rings (SSSR count). The van der Waals surface area contributed by atoms with E-state index in [9.17, 15) is 0 Å². The summed E-state index contributed by atoms with van der Waals surface area (Å²) in [7, 11) is 0. The molecule has 0 aliphatic rings. The van der Waals surface area contributed by atoms with Crippen molar-refractivity contribution in [2.24, 2.45) is 0 Å². The van der Waals surface area contributed by atoms with E-state index in [0.717, 1.165) is 28.7 Å². The van der Waals surface area contributed by atoms with Crippen molar-refractivity contribution in [2.75, 3.05) is 0 Å². The van der Waals surface area contributed by atoms with Crippen molar-refractivity contribution in [2.45, 2.75) is 19.5 Å². The van der Waals surface area contributed by atoms with Crippen molar-refractivity contribution < 1.29 is 9.73 Å². The third kappa shape index (κ3) is 3.56. The zero-order valence-electron chi connectivity index (χ0n) is 11.8. The van der Waals surface area contributed by atoms with Gasteiger partial charge in [-0.2, -0.15) is 0 Å². The van der Waals surface area contributed by atoms with Gasteiger partial charge in [0.05, 0.1) is 4.88 Å². The van der Waals surface area contributed by atoms with Crippen LogP contribution in [0.5, 0.6) is 0 Å². The molecule has 1 aromatic carbocycles. The summed E-state index contributed by atoms with van der Waals surface area (Å²) >= 11 is 7.70. The molecule has 2 aromatic heterocycles. The second-order valence-corrected chi connectivity index (χ2v) is 6.43. The highest BCUT2D eigenvalue weighted by molar-refractivity contribution is 7.10. The van der Waals surface area contributed by atoms with E-state index in [-0.39, 0.29) is 0 Å². The first kappa shape index (κ1) is 14.4. The maximum Gasteiger partial charge on any atom is 0.158 e. The SMILES string of the molecule is C[C@@H]([NH2+]Cc1ccc(-c2ccc(Cl)cc2)o1)c1cccs1. The molecule has 3 aromatic rings. The van der Waals surface area contributed by atoms with Crippen LogP contribution in [0.15, 0.2) is 58.3 Å². The van der Waals surface area contributed by atoms with E-state index in [4.69, 9.17) is 16.0 Å². The molecule has 1 atom stereocenters. The molecule has 0 bridgehead atoms. The number of hydrogen-bond acceptors (Lipinski definition) is 2. The maximum absolute atomic E-state index is 5.91. The van der Waals surface area contributed by atoms with Gasteiger partial charge >= 0.3 is 0 Å². The van der Waals surface area contributed by atoms with E-state index in [1.54, 1.807) is 11.3 Å². The topological polar surface area (TPSA) is 29.8 Å². The maximum atomic E-state index is 5.91. The molecule has 0 fully saturated rings. The Morgan fingerprint density at radius 2 is 1.95 bits per heavy atom. The van der Waals surface area contributed by atoms with Crippen molar-refractivity contribution in [3.8, 4) is 11.3 Å². The number of thiophene rings is 1. The molecule has 2 nitrogen and oxygen atoms in total. The van der Waals surface area contributed by atoms with Gasteiger partial charge in [-0.1, -0.05) is 17.7 Å². The Bertz CT molecular complexity index is 688. The number of rotatable bonds is 5. The Balaban J connectivity index is 1.64. The molecular formula is C17H17ClNOS+. The molecule has 4 heteroatoms. The van der Waals surface area contributed by atoms with Crippen LogP contribution in [0.1, 0.15) is 23.6 Å². The van der Waals surface area contributed by atoms with Crippen LogP contribution in [0.25, 0.3) is 11.3 Å². The van der Waals surface area contributed by atoms with Crippen LogP contribution < -0.4 is 5.32 Å². The van der Waals surface area contributed by atoms with Crippen LogP contribution in [-0.2, 0) is 6.54 Å². The smallest absolute Gasteiger partial charge is 0.158 e. The third-order valence-electron chi connectivity index (χ3n) is 3.45. The Kier molecular flexibility index (Phi) is 4.44. The fraction of sp³-hybridized carbons (Fsp3) is 0.176. The molecule has 0 saturated heterocycles. The third-order valence-corrected chi connectivity index (χ3v) is 4.78. The largest absolute Gasteiger partial charge is 0.455 e. The van der Waals surface area contributed by atoms with Crippen LogP contribution in [0.3, 0.4) is 0 Å². The van der Waals surface area contributed by atoms with Crippen molar-refractivity contribution in [3.05, 3.63) is 69.6 Å². The summed E-state index contributed by atoms with van der Waals surface area (Å²) in [6.45, 7) is 3.06. The summed E-state index contributed by atoms with van der Waals surface area (Å²) in [5.74, 6) is 1.88. The fourth-order valence-corrected chi connectivity index (χ4v) is 3.12. The Morgan fingerprint density at radius 1 is 1.14 bits per heavy atom. The summed E-state index contributed by atoms with van der Waals surface area (Å²) in [5.41, 5.74) is 1.05. The molecule has 108 valence electrons. The lowest BCUT2D eigenvalue weighted by molar-refractivity contribution is -0.708. The van der Waals surface area contributed by atoms with Crippen LogP contribution in [0.4, 0.5) is 0 Å². The number of hydrogen-bond donors (Lipinski definition) is 1. The lowest BCUT2D eigenvalue weighted by Crippen LogP contribution is -2.82. The van der Waals surface area contributed by atoms with Gasteiger partial charge in [0.1, 0.15) is 18.3 Å². The first-order valence-electron chi connectivity index (χ1n) is 6.94. The summed E-state index contributed by atoms with van der Waals surface area (Å²) in [5, 5.41) is 5.14. The van der Waals surface area contributed by atoms with Crippen molar-refractivity contribution in [1.82, 2.24) is 0 Å². The zero-order valence-corrected chi connectivity index (χ0v) is 13.3. The van der Waals surface area contributed by atoms with Gasteiger partial charge in [-0.05, 0) is 54.8 Å². The highest BCUT2D eigenvalue weighted by Gasteiger charge is 2.11. The van der Waals surface area contributed by atoms with Gasteiger partial charge < -0.3 is 9.73 Å². The molecule has 0 aliphatic carbocycles. The standard InChI is InChI=1S/C17H16ClNOS/c1-12(17-3-2-10-21-17)19-11-15-8-9-16(20-15)13-4-6-14(18)7-5-13/h2-10,12,19H,11H2,1H3/p+1/t12-/m1/s1. The van der Waals surface area contributed by atoms with Gasteiger partial charge in [-0.3, -0.25) is 0 Å². The average Bonchev–Trinajstić information content (AvgIpc) is 3.17. The molecule has 0 radical (unpaired) electrons. The zero-order chi connectivity index (χ0) is 14.7.